The lowest BCUT2D eigenvalue weighted by Gasteiger charge is -2.11. The summed E-state index contributed by atoms with van der Waals surface area (Å²) in [6.07, 6.45) is 3.37. The number of thiocarbonyl (C=S) groups is 1. The van der Waals surface area contributed by atoms with Crippen molar-refractivity contribution in [2.45, 2.75) is 6.92 Å². The number of carbonyl (C=O) groups excluding carboxylic acids is 1. The van der Waals surface area contributed by atoms with Gasteiger partial charge in [-0.15, -0.1) is 0 Å². The third-order valence-corrected chi connectivity index (χ3v) is 4.51. The van der Waals surface area contributed by atoms with Gasteiger partial charge < -0.3 is 9.15 Å². The first kappa shape index (κ1) is 17.0. The van der Waals surface area contributed by atoms with E-state index in [9.17, 15) is 14.9 Å². The smallest absolute Gasteiger partial charge is 0.326 e. The van der Waals surface area contributed by atoms with Crippen LogP contribution in [0, 0.1) is 16.0 Å². The molecule has 0 unspecified atom stereocenters. The number of hydrogen-bond acceptors (Lipinski definition) is 6. The fraction of sp³-hybridized carbons (Fsp3) is 0.105. The number of aliphatic imine (C=N–C) groups is 1. The summed E-state index contributed by atoms with van der Waals surface area (Å²) in [6, 6.07) is 9.56. The molecule has 0 bridgehead atoms. The summed E-state index contributed by atoms with van der Waals surface area (Å²) in [6.45, 7) is 1.79. The van der Waals surface area contributed by atoms with E-state index in [1.165, 1.54) is 12.1 Å². The molecule has 1 aromatic carbocycles. The Hall–Kier alpha value is -3.39. The minimum atomic E-state index is -0.666. The Morgan fingerprint density at radius 1 is 1.30 bits per heavy atom. The maximum Gasteiger partial charge on any atom is 0.326 e. The molecule has 0 aliphatic carbocycles. The van der Waals surface area contributed by atoms with Gasteiger partial charge in [0.15, 0.2) is 0 Å². The van der Waals surface area contributed by atoms with E-state index in [1.807, 2.05) is 0 Å². The van der Waals surface area contributed by atoms with Crippen molar-refractivity contribution in [3.63, 3.8) is 0 Å². The molecule has 7 nitrogen and oxygen atoms in total. The Morgan fingerprint density at radius 3 is 2.89 bits per heavy atom. The van der Waals surface area contributed by atoms with E-state index >= 15 is 0 Å². The number of furan rings is 1. The number of rotatable bonds is 3. The van der Waals surface area contributed by atoms with Crippen LogP contribution in [0.4, 0.5) is 5.69 Å². The van der Waals surface area contributed by atoms with Crippen LogP contribution in [0.2, 0.25) is 0 Å². The fourth-order valence-electron chi connectivity index (χ4n) is 2.98. The number of hydrogen-bond donors (Lipinski definition) is 0. The highest BCUT2D eigenvalue weighted by atomic mass is 32.1. The van der Waals surface area contributed by atoms with Gasteiger partial charge in [-0.2, -0.15) is 0 Å². The van der Waals surface area contributed by atoms with Gasteiger partial charge in [0.05, 0.1) is 4.92 Å². The van der Waals surface area contributed by atoms with E-state index in [1.54, 1.807) is 43.3 Å². The number of dihydropyridines is 1. The Balaban J connectivity index is 1.67. The van der Waals surface area contributed by atoms with Crippen molar-refractivity contribution < 1.29 is 18.9 Å². The van der Waals surface area contributed by atoms with Crippen LogP contribution in [0.15, 0.2) is 63.2 Å². The molecular formula is C19H12N2O5S. The fourth-order valence-corrected chi connectivity index (χ4v) is 3.35. The zero-order valence-corrected chi connectivity index (χ0v) is 14.9. The topological polar surface area (TPSA) is 94.9 Å². The summed E-state index contributed by atoms with van der Waals surface area (Å²) in [5, 5.41) is 10.9. The number of nitro groups is 1. The monoisotopic (exact) mass is 380 g/mol. The predicted molar refractivity (Wildman–Crippen MR) is 102 cm³/mol. The van der Waals surface area contributed by atoms with E-state index in [0.29, 0.717) is 34.1 Å². The molecule has 8 heteroatoms. The van der Waals surface area contributed by atoms with E-state index in [0.717, 1.165) is 0 Å². The lowest BCUT2D eigenvalue weighted by molar-refractivity contribution is -0.384. The summed E-state index contributed by atoms with van der Waals surface area (Å²) in [7, 11) is 0. The number of ether oxygens (including phenoxy) is 1. The van der Waals surface area contributed by atoms with Crippen molar-refractivity contribution in [2.75, 3.05) is 0 Å². The first-order valence-corrected chi connectivity index (χ1v) is 8.42. The number of fused-ring (bicyclic) bond motifs is 1. The second kappa shape index (κ2) is 6.40. The highest BCUT2D eigenvalue weighted by Crippen LogP contribution is 2.36. The number of carbonyl (C=O) groups is 1. The molecule has 1 atom stereocenters. The van der Waals surface area contributed by atoms with Crippen LogP contribution in [0.1, 0.15) is 12.7 Å². The van der Waals surface area contributed by atoms with E-state index < -0.39 is 16.8 Å². The van der Waals surface area contributed by atoms with Crippen LogP contribution in [0.5, 0.6) is 0 Å². The van der Waals surface area contributed by atoms with Crippen LogP contribution >= 0.6 is 12.2 Å². The SMILES string of the molecule is CC1=NC(=S)[C@@H]2C(=O)O/C(=C\c3ccc(-c4cccc([N+](=O)[O-])c4)o3)C2=C1. The minimum absolute atomic E-state index is 0.0213. The molecule has 0 saturated carbocycles. The largest absolute Gasteiger partial charge is 0.457 e. The first-order chi connectivity index (χ1) is 12.9. The van der Waals surface area contributed by atoms with Crippen molar-refractivity contribution in [1.29, 1.82) is 0 Å². The van der Waals surface area contributed by atoms with Gasteiger partial charge in [-0.05, 0) is 25.1 Å². The zero-order valence-electron chi connectivity index (χ0n) is 14.0. The Morgan fingerprint density at radius 2 is 2.11 bits per heavy atom. The first-order valence-electron chi connectivity index (χ1n) is 8.01. The average Bonchev–Trinajstić information content (AvgIpc) is 3.20. The molecule has 134 valence electrons. The quantitative estimate of drug-likeness (QED) is 0.344. The Bertz CT molecular complexity index is 1090. The molecule has 1 fully saturated rings. The van der Waals surface area contributed by atoms with Crippen LogP contribution in [0.3, 0.4) is 0 Å². The summed E-state index contributed by atoms with van der Waals surface area (Å²) in [5.74, 6) is 0.158. The van der Waals surface area contributed by atoms with Crippen molar-refractivity contribution in [2.24, 2.45) is 10.9 Å². The van der Waals surface area contributed by atoms with Crippen molar-refractivity contribution >= 4 is 40.7 Å². The van der Waals surface area contributed by atoms with Crippen molar-refractivity contribution in [1.82, 2.24) is 0 Å². The van der Waals surface area contributed by atoms with Crippen LogP contribution in [-0.2, 0) is 9.53 Å². The molecule has 0 N–H and O–H groups in total. The van der Waals surface area contributed by atoms with Gasteiger partial charge in [0.25, 0.3) is 5.69 Å². The van der Waals surface area contributed by atoms with Crippen molar-refractivity contribution in [3.8, 4) is 11.3 Å². The molecule has 0 radical (unpaired) electrons. The number of cyclic esters (lactones) is 1. The normalized spacial score (nSPS) is 20.2. The molecule has 0 spiro atoms. The second-order valence-electron chi connectivity index (χ2n) is 6.06. The number of benzene rings is 1. The van der Waals surface area contributed by atoms with Crippen LogP contribution in [0.25, 0.3) is 17.4 Å². The number of nitro benzene ring substituents is 1. The van der Waals surface area contributed by atoms with Gasteiger partial charge in [0, 0.05) is 35.1 Å². The third-order valence-electron chi connectivity index (χ3n) is 4.18. The lowest BCUT2D eigenvalue weighted by Crippen LogP contribution is -2.21. The number of nitrogens with zero attached hydrogens (tertiary/aromatic N) is 2. The number of allylic oxidation sites excluding steroid dienone is 2. The van der Waals surface area contributed by atoms with Gasteiger partial charge >= 0.3 is 5.97 Å². The summed E-state index contributed by atoms with van der Waals surface area (Å²) < 4.78 is 11.1. The van der Waals surface area contributed by atoms with Gasteiger partial charge in [-0.3, -0.25) is 14.9 Å². The lowest BCUT2D eigenvalue weighted by atomic mass is 9.96. The maximum atomic E-state index is 12.1. The van der Waals surface area contributed by atoms with Crippen LogP contribution in [-0.4, -0.2) is 21.6 Å². The standard InChI is InChI=1S/C19H12N2O5S/c1-10-7-14-16(26-19(22)17(14)18(27)20-10)9-13-5-6-15(25-13)11-3-2-4-12(8-11)21(23)24/h2-9,17H,1H3/b16-9-/t17-/m1/s1. The highest BCUT2D eigenvalue weighted by Gasteiger charge is 2.41. The van der Waals surface area contributed by atoms with Gasteiger partial charge in [-0.25, -0.2) is 4.99 Å². The predicted octanol–water partition coefficient (Wildman–Crippen LogP) is 4.10. The molecule has 2 aromatic rings. The molecule has 0 amide bonds. The average molecular weight is 380 g/mol. The molecule has 1 aromatic heterocycles. The Kier molecular flexibility index (Phi) is 4.04. The second-order valence-corrected chi connectivity index (χ2v) is 6.48. The van der Waals surface area contributed by atoms with Gasteiger partial charge in [-0.1, -0.05) is 24.4 Å². The summed E-state index contributed by atoms with van der Waals surface area (Å²) in [5.41, 5.74) is 1.92. The maximum absolute atomic E-state index is 12.1. The highest BCUT2D eigenvalue weighted by molar-refractivity contribution is 7.80. The third kappa shape index (κ3) is 3.11. The molecule has 1 saturated heterocycles. The van der Waals surface area contributed by atoms with Crippen LogP contribution < -0.4 is 0 Å². The number of esters is 1. The molecule has 2 aliphatic rings. The number of non-ortho nitro benzene ring substituents is 1. The zero-order chi connectivity index (χ0) is 19.1. The van der Waals surface area contributed by atoms with E-state index in [4.69, 9.17) is 21.4 Å². The summed E-state index contributed by atoms with van der Waals surface area (Å²) in [4.78, 5) is 27.0. The van der Waals surface area contributed by atoms with E-state index in [-0.39, 0.29) is 10.7 Å². The summed E-state index contributed by atoms with van der Waals surface area (Å²) >= 11 is 5.18. The molecular weight excluding hydrogens is 368 g/mol. The molecule has 2 aliphatic heterocycles. The minimum Gasteiger partial charge on any atom is -0.457 e. The van der Waals surface area contributed by atoms with Gasteiger partial charge in [0.2, 0.25) is 0 Å². The van der Waals surface area contributed by atoms with Gasteiger partial charge in [0.1, 0.15) is 28.2 Å². The van der Waals surface area contributed by atoms with E-state index in [2.05, 4.69) is 4.99 Å². The van der Waals surface area contributed by atoms with Crippen molar-refractivity contribution in [3.05, 3.63) is 69.7 Å². The Labute approximate surface area is 158 Å². The molecule has 4 rings (SSSR count). The molecule has 3 heterocycles. The molecule has 27 heavy (non-hydrogen) atoms.